The lowest BCUT2D eigenvalue weighted by atomic mass is 10.1. The van der Waals surface area contributed by atoms with E-state index in [9.17, 15) is 4.79 Å². The second-order valence-electron chi connectivity index (χ2n) is 5.71. The first kappa shape index (κ1) is 17.2. The minimum atomic E-state index is -0.221. The van der Waals surface area contributed by atoms with Crippen LogP contribution in [0.5, 0.6) is 0 Å². The number of nitrogens with one attached hydrogen (secondary N) is 2. The van der Waals surface area contributed by atoms with E-state index in [1.165, 1.54) is 0 Å². The van der Waals surface area contributed by atoms with E-state index in [-0.39, 0.29) is 24.7 Å². The molecular weight excluding hydrogens is 294 g/mol. The Kier molecular flexibility index (Phi) is 6.34. The van der Waals surface area contributed by atoms with Crippen LogP contribution < -0.4 is 10.6 Å². The number of nitrogens with zero attached hydrogens (tertiary/aromatic N) is 3. The topological polar surface area (TPSA) is 91.5 Å². The number of pyridine rings is 1. The second kappa shape index (κ2) is 8.47. The van der Waals surface area contributed by atoms with Crippen molar-refractivity contribution in [3.63, 3.8) is 0 Å². The fourth-order valence-electron chi connectivity index (χ4n) is 2.55. The zero-order valence-corrected chi connectivity index (χ0v) is 13.7. The van der Waals surface area contributed by atoms with Gasteiger partial charge in [-0.1, -0.05) is 19.4 Å². The van der Waals surface area contributed by atoms with Gasteiger partial charge in [-0.25, -0.2) is 4.79 Å². The predicted octanol–water partition coefficient (Wildman–Crippen LogP) is 2.03. The van der Waals surface area contributed by atoms with Crippen molar-refractivity contribution >= 4 is 11.7 Å². The van der Waals surface area contributed by atoms with Gasteiger partial charge in [0.25, 0.3) is 0 Å². The fourth-order valence-corrected chi connectivity index (χ4v) is 2.55. The summed E-state index contributed by atoms with van der Waals surface area (Å²) < 4.78 is 1.90. The molecule has 0 bridgehead atoms. The van der Waals surface area contributed by atoms with Gasteiger partial charge < -0.3 is 15.7 Å². The third kappa shape index (κ3) is 4.66. The molecule has 0 saturated carbocycles. The maximum atomic E-state index is 12.2. The quantitative estimate of drug-likeness (QED) is 0.694. The Labute approximate surface area is 136 Å². The van der Waals surface area contributed by atoms with E-state index in [0.29, 0.717) is 6.42 Å². The van der Waals surface area contributed by atoms with Gasteiger partial charge in [0, 0.05) is 18.8 Å². The van der Waals surface area contributed by atoms with Crippen LogP contribution in [-0.4, -0.2) is 38.4 Å². The molecule has 7 heteroatoms. The third-order valence-electron chi connectivity index (χ3n) is 3.71. The van der Waals surface area contributed by atoms with Crippen LogP contribution in [0.4, 0.5) is 4.79 Å². The van der Waals surface area contributed by atoms with Crippen molar-refractivity contribution < 1.29 is 9.90 Å². The number of aliphatic hydroxyl groups is 1. The molecule has 23 heavy (non-hydrogen) atoms. The van der Waals surface area contributed by atoms with E-state index in [2.05, 4.69) is 27.8 Å². The summed E-state index contributed by atoms with van der Waals surface area (Å²) in [5, 5.41) is 23.1. The number of aliphatic hydroxyl groups excluding tert-OH is 1. The lowest BCUT2D eigenvalue weighted by Gasteiger charge is -2.19. The van der Waals surface area contributed by atoms with E-state index in [1.807, 2.05) is 35.7 Å². The molecule has 0 spiro atoms. The van der Waals surface area contributed by atoms with Crippen LogP contribution in [0.25, 0.3) is 5.65 Å². The van der Waals surface area contributed by atoms with Crippen LogP contribution in [0.2, 0.25) is 0 Å². The molecule has 0 fully saturated rings. The highest BCUT2D eigenvalue weighted by Gasteiger charge is 2.20. The lowest BCUT2D eigenvalue weighted by Crippen LogP contribution is -2.42. The number of amides is 2. The van der Waals surface area contributed by atoms with E-state index < -0.39 is 0 Å². The average Bonchev–Trinajstić information content (AvgIpc) is 2.96. The Morgan fingerprint density at radius 2 is 2.13 bits per heavy atom. The van der Waals surface area contributed by atoms with Crippen LogP contribution in [0.15, 0.2) is 24.4 Å². The highest BCUT2D eigenvalue weighted by atomic mass is 16.3. The van der Waals surface area contributed by atoms with E-state index >= 15 is 0 Å². The van der Waals surface area contributed by atoms with Gasteiger partial charge in [0.2, 0.25) is 0 Å². The van der Waals surface area contributed by atoms with Crippen molar-refractivity contribution in [2.75, 3.05) is 6.61 Å². The molecule has 0 aromatic carbocycles. The lowest BCUT2D eigenvalue weighted by molar-refractivity contribution is 0.229. The van der Waals surface area contributed by atoms with Gasteiger partial charge in [-0.05, 0) is 38.3 Å². The maximum Gasteiger partial charge on any atom is 0.315 e. The summed E-state index contributed by atoms with van der Waals surface area (Å²) in [6, 6.07) is 5.31. The van der Waals surface area contributed by atoms with Crippen molar-refractivity contribution in [2.24, 2.45) is 0 Å². The Hall–Kier alpha value is -2.15. The molecule has 0 aliphatic heterocycles. The summed E-state index contributed by atoms with van der Waals surface area (Å²) in [4.78, 5) is 12.2. The van der Waals surface area contributed by atoms with Crippen LogP contribution in [0.3, 0.4) is 0 Å². The van der Waals surface area contributed by atoms with Crippen LogP contribution >= 0.6 is 0 Å². The molecule has 2 unspecified atom stereocenters. The number of fused-ring (bicyclic) bond motifs is 1. The first-order chi connectivity index (χ1) is 11.2. The molecule has 0 radical (unpaired) electrons. The Balaban J connectivity index is 2.05. The number of hydrogen-bond donors (Lipinski definition) is 3. The molecule has 126 valence electrons. The van der Waals surface area contributed by atoms with Crippen molar-refractivity contribution in [1.82, 2.24) is 25.2 Å². The molecule has 7 nitrogen and oxygen atoms in total. The summed E-state index contributed by atoms with van der Waals surface area (Å²) >= 11 is 0. The Morgan fingerprint density at radius 3 is 2.87 bits per heavy atom. The molecule has 2 aromatic rings. The van der Waals surface area contributed by atoms with Crippen molar-refractivity contribution in [1.29, 1.82) is 0 Å². The fraction of sp³-hybridized carbons (Fsp3) is 0.562. The van der Waals surface area contributed by atoms with Crippen molar-refractivity contribution in [2.45, 2.75) is 51.6 Å². The number of carbonyl (C=O) groups is 1. The van der Waals surface area contributed by atoms with Crippen LogP contribution in [-0.2, 0) is 0 Å². The highest BCUT2D eigenvalue weighted by molar-refractivity contribution is 5.74. The van der Waals surface area contributed by atoms with E-state index in [4.69, 9.17) is 5.11 Å². The first-order valence-electron chi connectivity index (χ1n) is 8.13. The number of hydrogen-bond acceptors (Lipinski definition) is 4. The third-order valence-corrected chi connectivity index (χ3v) is 3.71. The number of rotatable bonds is 8. The molecule has 0 saturated heterocycles. The zero-order valence-electron chi connectivity index (χ0n) is 13.7. The smallest absolute Gasteiger partial charge is 0.315 e. The molecule has 0 aliphatic carbocycles. The SMILES string of the molecule is CCCC(NC(=O)NC(C)CCCO)c1nnc2ccccn12. The summed E-state index contributed by atoms with van der Waals surface area (Å²) in [5.41, 5.74) is 0.766. The van der Waals surface area contributed by atoms with Gasteiger partial charge in [0.1, 0.15) is 0 Å². The van der Waals surface area contributed by atoms with Gasteiger partial charge in [0.05, 0.1) is 6.04 Å². The minimum Gasteiger partial charge on any atom is -0.396 e. The van der Waals surface area contributed by atoms with Gasteiger partial charge in [-0.2, -0.15) is 0 Å². The zero-order chi connectivity index (χ0) is 16.7. The average molecular weight is 319 g/mol. The van der Waals surface area contributed by atoms with Crippen molar-refractivity contribution in [3.05, 3.63) is 30.2 Å². The molecule has 3 N–H and O–H groups in total. The summed E-state index contributed by atoms with van der Waals surface area (Å²) in [6.45, 7) is 4.13. The van der Waals surface area contributed by atoms with E-state index in [1.54, 1.807) is 0 Å². The predicted molar refractivity (Wildman–Crippen MR) is 88.1 cm³/mol. The Morgan fingerprint density at radius 1 is 1.30 bits per heavy atom. The van der Waals surface area contributed by atoms with Gasteiger partial charge in [-0.15, -0.1) is 10.2 Å². The number of aromatic nitrogens is 3. The molecule has 2 rings (SSSR count). The standard InChI is InChI=1S/C16H25N5O2/c1-3-7-13(18-16(23)17-12(2)8-6-11-22)15-20-19-14-9-4-5-10-21(14)15/h4-5,9-10,12-13,22H,3,6-8,11H2,1-2H3,(H2,17,18,23). The number of carbonyl (C=O) groups excluding carboxylic acids is 1. The van der Waals surface area contributed by atoms with Gasteiger partial charge in [-0.3, -0.25) is 4.40 Å². The second-order valence-corrected chi connectivity index (χ2v) is 5.71. The molecule has 0 aliphatic rings. The van der Waals surface area contributed by atoms with Gasteiger partial charge in [0.15, 0.2) is 11.5 Å². The Bertz CT molecular complexity index is 628. The molecule has 2 atom stereocenters. The van der Waals surface area contributed by atoms with Crippen molar-refractivity contribution in [3.8, 4) is 0 Å². The van der Waals surface area contributed by atoms with Crippen LogP contribution in [0.1, 0.15) is 51.4 Å². The van der Waals surface area contributed by atoms with Crippen LogP contribution in [0, 0.1) is 0 Å². The molecule has 2 amide bonds. The summed E-state index contributed by atoms with van der Waals surface area (Å²) in [7, 11) is 0. The summed E-state index contributed by atoms with van der Waals surface area (Å²) in [6.07, 6.45) is 5.03. The molecule has 2 heterocycles. The van der Waals surface area contributed by atoms with Gasteiger partial charge >= 0.3 is 6.03 Å². The monoisotopic (exact) mass is 319 g/mol. The van der Waals surface area contributed by atoms with E-state index in [0.717, 1.165) is 30.7 Å². The molecule has 2 aromatic heterocycles. The first-order valence-corrected chi connectivity index (χ1v) is 8.13. The summed E-state index contributed by atoms with van der Waals surface area (Å²) in [5.74, 6) is 0.737. The molecular formula is C16H25N5O2. The minimum absolute atomic E-state index is 0.0135. The largest absolute Gasteiger partial charge is 0.396 e. The normalized spacial score (nSPS) is 13.7. The maximum absolute atomic E-state index is 12.2. The highest BCUT2D eigenvalue weighted by Crippen LogP contribution is 2.17. The number of urea groups is 1.